The predicted octanol–water partition coefficient (Wildman–Crippen LogP) is 8.20. The largest absolute Gasteiger partial charge is 0.489 e. The minimum atomic E-state index is -1.44. The zero-order chi connectivity index (χ0) is 37.6. The zero-order valence-electron chi connectivity index (χ0n) is 30.0. The molecule has 54 heavy (non-hydrogen) atoms. The van der Waals surface area contributed by atoms with Crippen LogP contribution in [-0.2, 0) is 6.61 Å². The summed E-state index contributed by atoms with van der Waals surface area (Å²) in [4.78, 5) is 80.9. The number of hydrogen-bond acceptors (Lipinski definition) is 7. The summed E-state index contributed by atoms with van der Waals surface area (Å²) in [6.45, 7) is 7.37. The summed E-state index contributed by atoms with van der Waals surface area (Å²) in [6, 6.07) is 21.9. The van der Waals surface area contributed by atoms with Gasteiger partial charge in [0.2, 0.25) is 0 Å². The minimum Gasteiger partial charge on any atom is -0.489 e. The quantitative estimate of drug-likeness (QED) is 0.136. The number of hydrogen-bond donors (Lipinski definition) is 1. The second-order valence-electron chi connectivity index (χ2n) is 14.1. The molecule has 0 fully saturated rings. The van der Waals surface area contributed by atoms with Crippen molar-refractivity contribution >= 4 is 56.3 Å². The Labute approximate surface area is 309 Å². The van der Waals surface area contributed by atoms with Crippen LogP contribution in [0, 0.1) is 27.7 Å². The number of Topliss-reactive ketones (excluding diaryl/α,β-unsaturated/α-hetero) is 2. The maximum Gasteiger partial charge on any atom is 0.266 e. The lowest BCUT2D eigenvalue weighted by molar-refractivity contribution is 0.0841. The molecule has 2 aliphatic carbocycles. The number of carbonyl (C=O) groups excluding carboxylic acids is 4. The van der Waals surface area contributed by atoms with Crippen molar-refractivity contribution in [2.24, 2.45) is 0 Å². The van der Waals surface area contributed by atoms with Crippen LogP contribution in [0.1, 0.15) is 93.0 Å². The summed E-state index contributed by atoms with van der Waals surface area (Å²) in [6.07, 6.45) is 6.63. The Bertz CT molecular complexity index is 2760. The maximum atomic E-state index is 14.7. The fraction of sp³-hybridized carbons (Fsp3) is 0.156. The number of benzene rings is 5. The number of aromatic amines is 1. The van der Waals surface area contributed by atoms with E-state index in [-0.39, 0.29) is 22.3 Å². The van der Waals surface area contributed by atoms with Crippen LogP contribution in [0.5, 0.6) is 5.75 Å². The van der Waals surface area contributed by atoms with Crippen molar-refractivity contribution in [1.82, 2.24) is 9.97 Å². The molecule has 6 aromatic rings. The van der Waals surface area contributed by atoms with Crippen LogP contribution in [0.2, 0.25) is 0 Å². The number of para-hydroxylation sites is 1. The van der Waals surface area contributed by atoms with Crippen molar-refractivity contribution < 1.29 is 23.9 Å². The molecule has 5 aromatic carbocycles. The molecule has 9 nitrogen and oxygen atoms in total. The molecule has 9 heteroatoms. The molecule has 3 aliphatic rings. The number of nitrogens with zero attached hydrogens (tertiary/aromatic N) is 2. The van der Waals surface area contributed by atoms with Crippen LogP contribution in [0.3, 0.4) is 0 Å². The first kappa shape index (κ1) is 33.1. The lowest BCUT2D eigenvalue weighted by atomic mass is 9.71. The number of ether oxygens (including phenoxy) is 1. The van der Waals surface area contributed by atoms with Gasteiger partial charge in [-0.1, -0.05) is 66.8 Å². The van der Waals surface area contributed by atoms with E-state index >= 15 is 0 Å². The van der Waals surface area contributed by atoms with Crippen molar-refractivity contribution in [2.45, 2.75) is 46.6 Å². The summed E-state index contributed by atoms with van der Waals surface area (Å²) in [7, 11) is 0. The Balaban J connectivity index is 1.17. The molecule has 0 unspecified atom stereocenters. The number of imide groups is 1. The van der Waals surface area contributed by atoms with E-state index in [1.807, 2.05) is 60.7 Å². The van der Waals surface area contributed by atoms with Crippen molar-refractivity contribution in [2.75, 3.05) is 4.90 Å². The summed E-state index contributed by atoms with van der Waals surface area (Å²) in [5, 5.41) is 0.875. The Kier molecular flexibility index (Phi) is 7.46. The number of aromatic nitrogens is 2. The van der Waals surface area contributed by atoms with Crippen LogP contribution in [0.25, 0.3) is 27.2 Å². The SMILES string of the molecule is Cc1c(C)c2c3c(c(C)c(C)c4c3c1C(=O)C(c1nc3ccc(OCc5ccccc5)cc3c(=O)[nH]1)C4=O)C(=O)N(c1ccccc1C1=CC=CC1)C2=O. The molecule has 1 aromatic heterocycles. The fourth-order valence-electron chi connectivity index (χ4n) is 8.28. The van der Waals surface area contributed by atoms with Gasteiger partial charge in [-0.25, -0.2) is 9.88 Å². The molecule has 264 valence electrons. The third-order valence-corrected chi connectivity index (χ3v) is 11.2. The monoisotopic (exact) mass is 711 g/mol. The third-order valence-electron chi connectivity index (χ3n) is 11.2. The van der Waals surface area contributed by atoms with Gasteiger partial charge in [0.25, 0.3) is 17.4 Å². The molecule has 0 saturated heterocycles. The highest BCUT2D eigenvalue weighted by atomic mass is 16.5. The Morgan fingerprint density at radius 1 is 0.741 bits per heavy atom. The molecule has 2 amide bonds. The second-order valence-corrected chi connectivity index (χ2v) is 14.1. The van der Waals surface area contributed by atoms with Crippen molar-refractivity contribution in [1.29, 1.82) is 0 Å². The van der Waals surface area contributed by atoms with Crippen molar-refractivity contribution in [3.8, 4) is 5.75 Å². The van der Waals surface area contributed by atoms with Crippen LogP contribution in [0.15, 0.2) is 95.8 Å². The van der Waals surface area contributed by atoms with Gasteiger partial charge in [-0.05, 0) is 91.8 Å². The average Bonchev–Trinajstić information content (AvgIpc) is 3.71. The van der Waals surface area contributed by atoms with Gasteiger partial charge in [-0.15, -0.1) is 0 Å². The molecule has 2 heterocycles. The summed E-state index contributed by atoms with van der Waals surface area (Å²) in [5.41, 5.74) is 6.22. The summed E-state index contributed by atoms with van der Waals surface area (Å²) < 4.78 is 5.92. The number of carbonyl (C=O) groups is 4. The highest BCUT2D eigenvalue weighted by molar-refractivity contribution is 6.42. The first-order chi connectivity index (χ1) is 26.1. The van der Waals surface area contributed by atoms with E-state index in [4.69, 9.17) is 4.74 Å². The summed E-state index contributed by atoms with van der Waals surface area (Å²) >= 11 is 0. The number of allylic oxidation sites excluding steroid dienone is 4. The van der Waals surface area contributed by atoms with Gasteiger partial charge in [-0.2, -0.15) is 0 Å². The molecule has 0 radical (unpaired) electrons. The fourth-order valence-corrected chi connectivity index (χ4v) is 8.28. The molecular formula is C45H33N3O6. The van der Waals surface area contributed by atoms with E-state index in [1.54, 1.807) is 58.0 Å². The van der Waals surface area contributed by atoms with E-state index < -0.39 is 34.9 Å². The smallest absolute Gasteiger partial charge is 0.266 e. The number of ketones is 2. The van der Waals surface area contributed by atoms with E-state index in [2.05, 4.69) is 9.97 Å². The average molecular weight is 712 g/mol. The van der Waals surface area contributed by atoms with Gasteiger partial charge in [0.1, 0.15) is 24.1 Å². The molecule has 1 N–H and O–H groups in total. The van der Waals surface area contributed by atoms with Crippen molar-refractivity contribution in [3.05, 3.63) is 163 Å². The van der Waals surface area contributed by atoms with Gasteiger partial charge in [0.05, 0.1) is 27.7 Å². The van der Waals surface area contributed by atoms with Crippen LogP contribution >= 0.6 is 0 Å². The Morgan fingerprint density at radius 3 is 2.00 bits per heavy atom. The van der Waals surface area contributed by atoms with E-state index in [0.717, 1.165) is 16.7 Å². The Morgan fingerprint density at radius 2 is 1.35 bits per heavy atom. The zero-order valence-corrected chi connectivity index (χ0v) is 30.0. The maximum absolute atomic E-state index is 14.7. The van der Waals surface area contributed by atoms with Gasteiger partial charge >= 0.3 is 0 Å². The van der Waals surface area contributed by atoms with Gasteiger partial charge in [-0.3, -0.25) is 24.0 Å². The lowest BCUT2D eigenvalue weighted by Crippen LogP contribution is -2.43. The number of rotatable bonds is 6. The van der Waals surface area contributed by atoms with Crippen LogP contribution in [-0.4, -0.2) is 33.3 Å². The number of anilines is 1. The first-order valence-electron chi connectivity index (χ1n) is 17.8. The van der Waals surface area contributed by atoms with Crippen molar-refractivity contribution in [3.63, 3.8) is 0 Å². The molecule has 0 saturated carbocycles. The molecule has 0 spiro atoms. The number of fused-ring (bicyclic) bond motifs is 1. The summed E-state index contributed by atoms with van der Waals surface area (Å²) in [5.74, 6) is -3.16. The molecule has 9 rings (SSSR count). The molecular weight excluding hydrogens is 679 g/mol. The minimum absolute atomic E-state index is 0.0701. The van der Waals surface area contributed by atoms with Crippen LogP contribution in [0.4, 0.5) is 5.69 Å². The lowest BCUT2D eigenvalue weighted by Gasteiger charge is -2.35. The highest BCUT2D eigenvalue weighted by Crippen LogP contribution is 2.48. The predicted molar refractivity (Wildman–Crippen MR) is 207 cm³/mol. The van der Waals surface area contributed by atoms with Gasteiger partial charge in [0.15, 0.2) is 11.6 Å². The first-order valence-corrected chi connectivity index (χ1v) is 17.8. The van der Waals surface area contributed by atoms with Gasteiger partial charge < -0.3 is 9.72 Å². The van der Waals surface area contributed by atoms with E-state index in [9.17, 15) is 24.0 Å². The number of amides is 2. The molecule has 0 bridgehead atoms. The highest BCUT2D eigenvalue weighted by Gasteiger charge is 2.46. The molecule has 0 atom stereocenters. The normalized spacial score (nSPS) is 15.2. The van der Waals surface area contributed by atoms with E-state index in [0.29, 0.717) is 74.1 Å². The number of H-pyrrole nitrogens is 1. The Hall–Kier alpha value is -6.74. The number of nitrogens with one attached hydrogen (secondary N) is 1. The molecule has 1 aliphatic heterocycles. The van der Waals surface area contributed by atoms with Crippen LogP contribution < -0.4 is 15.2 Å². The second kappa shape index (κ2) is 12.2. The van der Waals surface area contributed by atoms with E-state index in [1.165, 1.54) is 4.90 Å². The standard InChI is InChI=1S/C45H33N3O6/c1-22-24(3)35-38-36(45(53)48(44(35)52)32-17-11-10-16-29(32)27-14-8-9-15-27)25(4)23(2)34-37(38)33(22)40(49)39(41(34)50)42-46-31-19-18-28(20-30(31)43(51)47-42)54-21-26-12-6-5-7-13-26/h5-14,16-20,39H,15,21H2,1-4H3,(H,46,47,51). The van der Waals surface area contributed by atoms with Gasteiger partial charge in [0, 0.05) is 27.5 Å². The topological polar surface area (TPSA) is 126 Å². The third kappa shape index (κ3) is 4.71.